The Kier molecular flexibility index (Phi) is 3.00. The van der Waals surface area contributed by atoms with Gasteiger partial charge < -0.3 is 15.3 Å². The minimum absolute atomic E-state index is 0.402. The number of hydrogen-bond donors (Lipinski definition) is 2. The Morgan fingerprint density at radius 1 is 1.69 bits per heavy atom. The third-order valence-electron chi connectivity index (χ3n) is 2.54. The first-order valence-corrected chi connectivity index (χ1v) is 5.17. The number of aliphatic carboxylic acids is 1. The summed E-state index contributed by atoms with van der Waals surface area (Å²) >= 11 is 0. The van der Waals surface area contributed by atoms with E-state index in [2.05, 4.69) is 15.3 Å². The standard InChI is InChI=1S/C10H14N4O2/c1-7-2-3-12-10(13-7)14-5-4-11-8(6-14)9(15)16/h2-3,8,11H,4-6H2,1H3,(H,15,16)/t8-/m1/s1. The molecule has 0 saturated carbocycles. The Labute approximate surface area is 93.3 Å². The number of carboxylic acids is 1. The van der Waals surface area contributed by atoms with Crippen molar-refractivity contribution in [1.29, 1.82) is 0 Å². The number of rotatable bonds is 2. The van der Waals surface area contributed by atoms with E-state index in [1.54, 1.807) is 6.20 Å². The fraction of sp³-hybridized carbons (Fsp3) is 0.500. The Bertz CT molecular complexity index is 396. The fourth-order valence-corrected chi connectivity index (χ4v) is 1.69. The van der Waals surface area contributed by atoms with Gasteiger partial charge in [0.25, 0.3) is 0 Å². The van der Waals surface area contributed by atoms with Crippen LogP contribution in [0.25, 0.3) is 0 Å². The van der Waals surface area contributed by atoms with Crippen LogP contribution in [-0.2, 0) is 4.79 Å². The van der Waals surface area contributed by atoms with Gasteiger partial charge in [-0.3, -0.25) is 4.79 Å². The number of anilines is 1. The lowest BCUT2D eigenvalue weighted by Crippen LogP contribution is -2.54. The van der Waals surface area contributed by atoms with E-state index in [1.807, 2.05) is 17.9 Å². The second-order valence-electron chi connectivity index (χ2n) is 3.79. The molecule has 2 heterocycles. The minimum Gasteiger partial charge on any atom is -0.480 e. The highest BCUT2D eigenvalue weighted by molar-refractivity contribution is 5.74. The van der Waals surface area contributed by atoms with Crippen LogP contribution in [0.15, 0.2) is 12.3 Å². The molecule has 0 radical (unpaired) electrons. The van der Waals surface area contributed by atoms with E-state index >= 15 is 0 Å². The lowest BCUT2D eigenvalue weighted by Gasteiger charge is -2.31. The lowest BCUT2D eigenvalue weighted by molar-refractivity contribution is -0.139. The summed E-state index contributed by atoms with van der Waals surface area (Å²) in [7, 11) is 0. The summed E-state index contributed by atoms with van der Waals surface area (Å²) in [4.78, 5) is 21.2. The van der Waals surface area contributed by atoms with Gasteiger partial charge in [0.2, 0.25) is 5.95 Å². The van der Waals surface area contributed by atoms with E-state index in [-0.39, 0.29) is 0 Å². The topological polar surface area (TPSA) is 78.4 Å². The maximum atomic E-state index is 10.9. The smallest absolute Gasteiger partial charge is 0.322 e. The molecule has 2 N–H and O–H groups in total. The van der Waals surface area contributed by atoms with Crippen LogP contribution < -0.4 is 10.2 Å². The van der Waals surface area contributed by atoms with Crippen LogP contribution in [0.1, 0.15) is 5.69 Å². The molecule has 86 valence electrons. The Morgan fingerprint density at radius 2 is 2.50 bits per heavy atom. The van der Waals surface area contributed by atoms with Crippen molar-refractivity contribution in [3.05, 3.63) is 18.0 Å². The second-order valence-corrected chi connectivity index (χ2v) is 3.79. The molecule has 16 heavy (non-hydrogen) atoms. The first-order chi connectivity index (χ1) is 7.66. The molecular formula is C10H14N4O2. The number of nitrogens with zero attached hydrogens (tertiary/aromatic N) is 3. The summed E-state index contributed by atoms with van der Waals surface area (Å²) in [5, 5.41) is 11.9. The molecule has 0 aromatic carbocycles. The molecule has 1 aliphatic rings. The molecule has 1 aromatic rings. The molecule has 1 saturated heterocycles. The molecule has 2 rings (SSSR count). The summed E-state index contributed by atoms with van der Waals surface area (Å²) in [6.07, 6.45) is 1.69. The van der Waals surface area contributed by atoms with Crippen LogP contribution in [-0.4, -0.2) is 46.7 Å². The van der Waals surface area contributed by atoms with Crippen molar-refractivity contribution in [2.24, 2.45) is 0 Å². The van der Waals surface area contributed by atoms with Crippen molar-refractivity contribution < 1.29 is 9.90 Å². The summed E-state index contributed by atoms with van der Waals surface area (Å²) in [6.45, 7) is 3.66. The predicted molar refractivity (Wildman–Crippen MR) is 58.4 cm³/mol. The molecular weight excluding hydrogens is 208 g/mol. The summed E-state index contributed by atoms with van der Waals surface area (Å²) in [5.41, 5.74) is 0.885. The average molecular weight is 222 g/mol. The number of hydrogen-bond acceptors (Lipinski definition) is 5. The van der Waals surface area contributed by atoms with Gasteiger partial charge in [0.1, 0.15) is 6.04 Å². The highest BCUT2D eigenvalue weighted by Gasteiger charge is 2.25. The van der Waals surface area contributed by atoms with E-state index in [1.165, 1.54) is 0 Å². The third-order valence-corrected chi connectivity index (χ3v) is 2.54. The molecule has 1 atom stereocenters. The SMILES string of the molecule is Cc1ccnc(N2CCN[C@@H](C(=O)O)C2)n1. The Balaban J connectivity index is 2.12. The lowest BCUT2D eigenvalue weighted by atomic mass is 10.2. The van der Waals surface area contributed by atoms with E-state index in [0.717, 1.165) is 12.2 Å². The molecule has 0 amide bonds. The Hall–Kier alpha value is -1.69. The van der Waals surface area contributed by atoms with Gasteiger partial charge >= 0.3 is 5.97 Å². The van der Waals surface area contributed by atoms with Crippen molar-refractivity contribution in [1.82, 2.24) is 15.3 Å². The normalized spacial score (nSPS) is 20.8. The van der Waals surface area contributed by atoms with Gasteiger partial charge in [0.15, 0.2) is 0 Å². The average Bonchev–Trinajstić information content (AvgIpc) is 2.29. The van der Waals surface area contributed by atoms with Gasteiger partial charge in [-0.1, -0.05) is 0 Å². The quantitative estimate of drug-likeness (QED) is 0.712. The predicted octanol–water partition coefficient (Wildman–Crippen LogP) is -0.352. The highest BCUT2D eigenvalue weighted by Crippen LogP contribution is 2.10. The molecule has 1 aliphatic heterocycles. The van der Waals surface area contributed by atoms with Gasteiger partial charge in [-0.05, 0) is 13.0 Å². The first-order valence-electron chi connectivity index (χ1n) is 5.17. The zero-order valence-electron chi connectivity index (χ0n) is 9.05. The van der Waals surface area contributed by atoms with Crippen molar-refractivity contribution in [3.63, 3.8) is 0 Å². The summed E-state index contributed by atoms with van der Waals surface area (Å²) in [5.74, 6) is -0.231. The molecule has 0 aliphatic carbocycles. The first kappa shape index (κ1) is 10.8. The van der Waals surface area contributed by atoms with E-state index in [9.17, 15) is 4.79 Å². The molecule has 0 spiro atoms. The van der Waals surface area contributed by atoms with Gasteiger partial charge in [-0.2, -0.15) is 0 Å². The van der Waals surface area contributed by atoms with Gasteiger partial charge in [-0.25, -0.2) is 9.97 Å². The molecule has 6 nitrogen and oxygen atoms in total. The van der Waals surface area contributed by atoms with E-state index in [4.69, 9.17) is 5.11 Å². The number of carboxylic acid groups (broad SMARTS) is 1. The second kappa shape index (κ2) is 4.44. The monoisotopic (exact) mass is 222 g/mol. The number of aryl methyl sites for hydroxylation is 1. The van der Waals surface area contributed by atoms with Gasteiger partial charge in [0, 0.05) is 31.5 Å². The maximum absolute atomic E-state index is 10.9. The van der Waals surface area contributed by atoms with Crippen LogP contribution in [0.5, 0.6) is 0 Å². The molecule has 1 fully saturated rings. The zero-order chi connectivity index (χ0) is 11.5. The third kappa shape index (κ3) is 2.27. The Morgan fingerprint density at radius 3 is 3.19 bits per heavy atom. The van der Waals surface area contributed by atoms with Crippen LogP contribution in [0.2, 0.25) is 0 Å². The van der Waals surface area contributed by atoms with Crippen molar-refractivity contribution >= 4 is 11.9 Å². The number of carbonyl (C=O) groups is 1. The largest absolute Gasteiger partial charge is 0.480 e. The highest BCUT2D eigenvalue weighted by atomic mass is 16.4. The van der Waals surface area contributed by atoms with Crippen LogP contribution in [0, 0.1) is 6.92 Å². The summed E-state index contributed by atoms with van der Waals surface area (Å²) < 4.78 is 0. The van der Waals surface area contributed by atoms with Crippen molar-refractivity contribution in [3.8, 4) is 0 Å². The van der Waals surface area contributed by atoms with E-state index in [0.29, 0.717) is 19.0 Å². The van der Waals surface area contributed by atoms with Crippen molar-refractivity contribution in [2.75, 3.05) is 24.5 Å². The molecule has 0 bridgehead atoms. The van der Waals surface area contributed by atoms with E-state index < -0.39 is 12.0 Å². The zero-order valence-corrected chi connectivity index (χ0v) is 9.05. The number of aromatic nitrogens is 2. The molecule has 1 aromatic heterocycles. The van der Waals surface area contributed by atoms with Crippen LogP contribution in [0.4, 0.5) is 5.95 Å². The van der Waals surface area contributed by atoms with Crippen LogP contribution in [0.3, 0.4) is 0 Å². The minimum atomic E-state index is -0.836. The molecule has 0 unspecified atom stereocenters. The van der Waals surface area contributed by atoms with Gasteiger partial charge in [0.05, 0.1) is 0 Å². The van der Waals surface area contributed by atoms with Crippen LogP contribution >= 0.6 is 0 Å². The van der Waals surface area contributed by atoms with Gasteiger partial charge in [-0.15, -0.1) is 0 Å². The maximum Gasteiger partial charge on any atom is 0.322 e. The fourth-order valence-electron chi connectivity index (χ4n) is 1.69. The van der Waals surface area contributed by atoms with Crippen molar-refractivity contribution in [2.45, 2.75) is 13.0 Å². The number of piperazine rings is 1. The summed E-state index contributed by atoms with van der Waals surface area (Å²) in [6, 6.07) is 1.28. The molecule has 6 heteroatoms. The number of nitrogens with one attached hydrogen (secondary N) is 1.